The largest absolute Gasteiger partial charge is 0.477 e. The van der Waals surface area contributed by atoms with Gasteiger partial charge in [-0.2, -0.15) is 9.36 Å². The Morgan fingerprint density at radius 3 is 2.79 bits per heavy atom. The van der Waals surface area contributed by atoms with Gasteiger partial charge in [0.15, 0.2) is 5.13 Å². The van der Waals surface area contributed by atoms with E-state index in [4.69, 9.17) is 15.7 Å². The van der Waals surface area contributed by atoms with Gasteiger partial charge in [-0.3, -0.25) is 14.5 Å². The topological polar surface area (TPSA) is 224 Å². The fourth-order valence-corrected chi connectivity index (χ4v) is 7.15. The zero-order valence-electron chi connectivity index (χ0n) is 20.3. The number of nitrogens with one attached hydrogen (secondary N) is 1. The van der Waals surface area contributed by atoms with E-state index in [1.165, 1.54) is 33.1 Å². The van der Waals surface area contributed by atoms with Gasteiger partial charge in [0.25, 0.3) is 11.8 Å². The number of hydrogen-bond donors (Lipinski definition) is 4. The van der Waals surface area contributed by atoms with Gasteiger partial charge in [0.2, 0.25) is 16.7 Å². The van der Waals surface area contributed by atoms with Crippen LogP contribution in [0.1, 0.15) is 31.5 Å². The Hall–Kier alpha value is -3.29. The van der Waals surface area contributed by atoms with Gasteiger partial charge in [-0.1, -0.05) is 16.9 Å². The normalized spacial score (nSPS) is 21.6. The average molecular weight is 597 g/mol. The molecule has 2 amide bonds. The summed E-state index contributed by atoms with van der Waals surface area (Å²) in [7, 11) is 0. The van der Waals surface area contributed by atoms with E-state index in [1.54, 1.807) is 0 Å². The Kier molecular flexibility index (Phi) is 8.29. The minimum Gasteiger partial charge on any atom is -0.477 e. The number of aliphatic carboxylic acids is 1. The lowest BCUT2D eigenvalue weighted by atomic mass is 10.0. The smallest absolute Gasteiger partial charge is 0.352 e. The third-order valence-corrected chi connectivity index (χ3v) is 9.11. The van der Waals surface area contributed by atoms with Crippen LogP contribution in [0.5, 0.6) is 0 Å². The van der Waals surface area contributed by atoms with Crippen molar-refractivity contribution in [2.45, 2.75) is 54.9 Å². The Morgan fingerprint density at radius 1 is 1.31 bits per heavy atom. The molecule has 2 aromatic heterocycles. The van der Waals surface area contributed by atoms with Gasteiger partial charge < -0.3 is 26.1 Å². The van der Waals surface area contributed by atoms with E-state index >= 15 is 0 Å². The van der Waals surface area contributed by atoms with E-state index in [2.05, 4.69) is 35.4 Å². The van der Waals surface area contributed by atoms with Crippen LogP contribution in [-0.2, 0) is 25.8 Å². The second-order valence-corrected chi connectivity index (χ2v) is 11.6. The van der Waals surface area contributed by atoms with Gasteiger partial charge in [0.05, 0.1) is 13.2 Å². The third kappa shape index (κ3) is 5.70. The Labute approximate surface area is 233 Å². The van der Waals surface area contributed by atoms with Gasteiger partial charge in [-0.05, 0) is 41.7 Å². The van der Waals surface area contributed by atoms with Crippen molar-refractivity contribution in [2.75, 3.05) is 23.8 Å². The average Bonchev–Trinajstić information content (AvgIpc) is 3.69. The van der Waals surface area contributed by atoms with Gasteiger partial charge in [0, 0.05) is 23.0 Å². The fourth-order valence-electron chi connectivity index (χ4n) is 4.33. The highest BCUT2D eigenvalue weighted by atomic mass is 32.2. The third-order valence-electron chi connectivity index (χ3n) is 6.19. The molecule has 4 heterocycles. The van der Waals surface area contributed by atoms with Crippen LogP contribution in [-0.4, -0.2) is 104 Å². The number of carboxylic acids is 1. The number of hydrogen-bond acceptors (Lipinski definition) is 15. The quantitative estimate of drug-likeness (QED) is 0.109. The highest BCUT2D eigenvalue weighted by molar-refractivity contribution is 8.01. The van der Waals surface area contributed by atoms with E-state index in [1.807, 2.05) is 0 Å². The number of tetrazole rings is 1. The van der Waals surface area contributed by atoms with E-state index in [9.17, 15) is 19.5 Å². The van der Waals surface area contributed by atoms with E-state index in [-0.39, 0.29) is 47.4 Å². The van der Waals surface area contributed by atoms with Crippen LogP contribution in [0.2, 0.25) is 0 Å². The second kappa shape index (κ2) is 11.8. The molecule has 0 aromatic carbocycles. The molecule has 5 N–H and O–H groups in total. The summed E-state index contributed by atoms with van der Waals surface area (Å²) in [6, 6.07) is -0.976. The molecule has 1 saturated carbocycles. The number of nitrogen functional groups attached to an aromatic ring is 1. The van der Waals surface area contributed by atoms with Crippen LogP contribution >= 0.6 is 35.1 Å². The molecule has 208 valence electrons. The van der Waals surface area contributed by atoms with Crippen molar-refractivity contribution in [3.05, 3.63) is 17.1 Å². The summed E-state index contributed by atoms with van der Waals surface area (Å²) in [4.78, 5) is 49.2. The molecule has 16 nitrogen and oxygen atoms in total. The van der Waals surface area contributed by atoms with Crippen molar-refractivity contribution >= 4 is 63.7 Å². The van der Waals surface area contributed by atoms with Crippen LogP contribution in [0, 0.1) is 0 Å². The zero-order valence-corrected chi connectivity index (χ0v) is 22.7. The summed E-state index contributed by atoms with van der Waals surface area (Å²) in [5, 5.41) is 36.9. The molecule has 0 bridgehead atoms. The molecular weight excluding hydrogens is 572 g/mol. The number of thioether (sulfide) groups is 2. The highest BCUT2D eigenvalue weighted by Crippen LogP contribution is 2.41. The first kappa shape index (κ1) is 27.3. The lowest BCUT2D eigenvalue weighted by molar-refractivity contribution is -0.150. The molecule has 19 heteroatoms. The number of carbonyl (C=O) groups excluding carboxylic acids is 2. The molecule has 2 atom stereocenters. The van der Waals surface area contributed by atoms with Gasteiger partial charge in [-0.15, -0.1) is 16.9 Å². The maximum atomic E-state index is 13.2. The van der Waals surface area contributed by atoms with E-state index in [0.29, 0.717) is 16.5 Å². The number of nitrogens with two attached hydrogens (primary N) is 1. The number of β-lactam (4-membered cyclic amide) rings is 1. The molecule has 1 aliphatic carbocycles. The number of aliphatic hydroxyl groups is 1. The molecule has 0 spiro atoms. The van der Waals surface area contributed by atoms with Crippen LogP contribution in [0.25, 0.3) is 0 Å². The lowest BCUT2D eigenvalue weighted by Crippen LogP contribution is -2.71. The number of amides is 2. The monoisotopic (exact) mass is 596 g/mol. The Morgan fingerprint density at radius 2 is 2.10 bits per heavy atom. The van der Waals surface area contributed by atoms with E-state index < -0.39 is 29.2 Å². The number of aromatic nitrogens is 6. The van der Waals surface area contributed by atoms with Gasteiger partial charge in [-0.25, -0.2) is 9.48 Å². The maximum Gasteiger partial charge on any atom is 0.352 e. The number of fused-ring (bicyclic) bond motifs is 1. The number of carboxylic acid groups (broad SMARTS) is 1. The molecule has 39 heavy (non-hydrogen) atoms. The summed E-state index contributed by atoms with van der Waals surface area (Å²) in [5.74, 6) is -2.01. The molecule has 3 aliphatic rings. The number of carbonyl (C=O) groups is 3. The molecule has 1 saturated heterocycles. The van der Waals surface area contributed by atoms with Gasteiger partial charge >= 0.3 is 5.97 Å². The number of rotatable bonds is 11. The van der Waals surface area contributed by atoms with Crippen molar-refractivity contribution in [2.24, 2.45) is 5.16 Å². The van der Waals surface area contributed by atoms with Gasteiger partial charge in [0.1, 0.15) is 23.2 Å². The molecule has 2 unspecified atom stereocenters. The number of aliphatic hydroxyl groups excluding tert-OH is 1. The number of nitrogens with zero attached hydrogens (tertiary/aromatic N) is 8. The lowest BCUT2D eigenvalue weighted by Gasteiger charge is -2.49. The first-order chi connectivity index (χ1) is 18.9. The number of oxime groups is 1. The first-order valence-corrected chi connectivity index (χ1v) is 14.7. The summed E-state index contributed by atoms with van der Waals surface area (Å²) in [6.07, 6.45) is 3.54. The molecule has 2 aromatic rings. The maximum absolute atomic E-state index is 13.2. The Bertz CT molecular complexity index is 1320. The molecule has 2 fully saturated rings. The van der Waals surface area contributed by atoms with Crippen molar-refractivity contribution in [3.63, 3.8) is 0 Å². The molecule has 2 aliphatic heterocycles. The second-order valence-electron chi connectivity index (χ2n) is 8.72. The van der Waals surface area contributed by atoms with Crippen molar-refractivity contribution < 1.29 is 29.4 Å². The SMILES string of the molecule is Nc1nc(/C(=N\OC2CCCC2)C(=O)NC2C(=O)N3C(C(=O)O)=C(CSc4nnnn4CCO)CSC23)ns1. The minimum atomic E-state index is -1.25. The number of anilines is 1. The molecular formula is C20H24N10O6S3. The Balaban J connectivity index is 1.29. The van der Waals surface area contributed by atoms with Crippen molar-refractivity contribution in [1.29, 1.82) is 0 Å². The standard InChI is InChI=1S/C20H24N10O6S3/c21-19-23-14(26-39-19)11(25-36-10-3-1-2-4-10)15(32)22-12-16(33)30-13(18(34)35)9(7-37-17(12)30)8-38-20-24-27-28-29(20)5-6-31/h10,12,17,31H,1-8H2,(H,22,32)(H,34,35)(H2,21,23,26)/b25-11+. The summed E-state index contributed by atoms with van der Waals surface area (Å²) < 4.78 is 5.46. The predicted molar refractivity (Wildman–Crippen MR) is 140 cm³/mol. The highest BCUT2D eigenvalue weighted by Gasteiger charge is 2.54. The predicted octanol–water partition coefficient (Wildman–Crippen LogP) is -0.707. The fraction of sp³-hybridized carbons (Fsp3) is 0.550. The van der Waals surface area contributed by atoms with E-state index in [0.717, 1.165) is 37.2 Å². The van der Waals surface area contributed by atoms with Crippen molar-refractivity contribution in [3.8, 4) is 0 Å². The van der Waals surface area contributed by atoms with Crippen LogP contribution in [0.3, 0.4) is 0 Å². The van der Waals surface area contributed by atoms with Crippen molar-refractivity contribution in [1.82, 2.24) is 39.8 Å². The van der Waals surface area contributed by atoms with Crippen LogP contribution in [0.15, 0.2) is 21.6 Å². The summed E-state index contributed by atoms with van der Waals surface area (Å²) in [5.41, 5.74) is 5.87. The summed E-state index contributed by atoms with van der Waals surface area (Å²) in [6.45, 7) is 0.0443. The molecule has 0 radical (unpaired) electrons. The van der Waals surface area contributed by atoms with Crippen LogP contribution in [0.4, 0.5) is 5.13 Å². The summed E-state index contributed by atoms with van der Waals surface area (Å²) >= 11 is 3.43. The van der Waals surface area contributed by atoms with Crippen LogP contribution < -0.4 is 11.1 Å². The first-order valence-electron chi connectivity index (χ1n) is 11.9. The minimum absolute atomic E-state index is 0.0121. The molecule has 5 rings (SSSR count). The zero-order chi connectivity index (χ0) is 27.5.